The number of carbonyl (C=O) groups excluding carboxylic acids is 1. The predicted octanol–water partition coefficient (Wildman–Crippen LogP) is 4.15. The highest BCUT2D eigenvalue weighted by atomic mass is 32.2. The van der Waals surface area contributed by atoms with Gasteiger partial charge in [0.15, 0.2) is 0 Å². The summed E-state index contributed by atoms with van der Waals surface area (Å²) in [5, 5.41) is 14.2. The Hall–Kier alpha value is -3.68. The highest BCUT2D eigenvalue weighted by Crippen LogP contribution is 2.40. The molecule has 0 aliphatic carbocycles. The summed E-state index contributed by atoms with van der Waals surface area (Å²) in [4.78, 5) is 11.6. The van der Waals surface area contributed by atoms with Crippen LogP contribution in [0.5, 0.6) is 5.75 Å². The standard InChI is InChI=1S/C22H25F3N4O6S/c1-21(2,3)35-20(30)27-14-7-8-18-17(10-14)29(12-15(34-18)11-19(26)28-31)36(32,33)16-6-4-5-13(9-16)22(23,24)25/h4-10,15,31H,11-12H2,1-3H3,(H2,26,28)(H,27,30)/t15-/m0/s1. The molecule has 1 heterocycles. The van der Waals surface area contributed by atoms with Gasteiger partial charge in [0.25, 0.3) is 10.0 Å². The van der Waals surface area contributed by atoms with Crippen molar-refractivity contribution in [1.29, 1.82) is 0 Å². The number of nitrogens with two attached hydrogens (primary N) is 1. The van der Waals surface area contributed by atoms with Gasteiger partial charge in [-0.05, 0) is 57.2 Å². The summed E-state index contributed by atoms with van der Waals surface area (Å²) in [7, 11) is -4.54. The Bertz CT molecular complexity index is 1280. The van der Waals surface area contributed by atoms with Crippen molar-refractivity contribution in [3.05, 3.63) is 48.0 Å². The summed E-state index contributed by atoms with van der Waals surface area (Å²) in [6, 6.07) is 7.44. The molecule has 1 atom stereocenters. The molecule has 2 aromatic rings. The number of halogens is 3. The van der Waals surface area contributed by atoms with E-state index in [1.165, 1.54) is 18.2 Å². The van der Waals surface area contributed by atoms with Gasteiger partial charge in [-0.3, -0.25) is 9.62 Å². The Morgan fingerprint density at radius 2 is 1.94 bits per heavy atom. The van der Waals surface area contributed by atoms with Crippen LogP contribution >= 0.6 is 0 Å². The van der Waals surface area contributed by atoms with Gasteiger partial charge in [-0.1, -0.05) is 11.2 Å². The van der Waals surface area contributed by atoms with Crippen molar-refractivity contribution in [2.24, 2.45) is 10.9 Å². The van der Waals surface area contributed by atoms with Crippen molar-refractivity contribution in [2.45, 2.75) is 50.0 Å². The van der Waals surface area contributed by atoms with Gasteiger partial charge in [0, 0.05) is 12.1 Å². The van der Waals surface area contributed by atoms with E-state index in [0.29, 0.717) is 6.07 Å². The highest BCUT2D eigenvalue weighted by molar-refractivity contribution is 7.92. The number of sulfonamides is 1. The molecule has 1 aliphatic rings. The summed E-state index contributed by atoms with van der Waals surface area (Å²) in [6.07, 6.45) is -6.63. The van der Waals surface area contributed by atoms with Crippen LogP contribution in [0.1, 0.15) is 32.8 Å². The summed E-state index contributed by atoms with van der Waals surface area (Å²) in [5.74, 6) is -0.176. The average Bonchev–Trinajstić information content (AvgIpc) is 2.76. The number of amidine groups is 1. The lowest BCUT2D eigenvalue weighted by Gasteiger charge is -2.35. The maximum Gasteiger partial charge on any atom is 0.416 e. The van der Waals surface area contributed by atoms with Crippen molar-refractivity contribution in [1.82, 2.24) is 0 Å². The fraction of sp³-hybridized carbons (Fsp3) is 0.364. The van der Waals surface area contributed by atoms with Gasteiger partial charge < -0.3 is 20.4 Å². The summed E-state index contributed by atoms with van der Waals surface area (Å²) in [6.45, 7) is 4.63. The van der Waals surface area contributed by atoms with Crippen molar-refractivity contribution in [3.63, 3.8) is 0 Å². The van der Waals surface area contributed by atoms with E-state index >= 15 is 0 Å². The first-order valence-corrected chi connectivity index (χ1v) is 12.0. The van der Waals surface area contributed by atoms with Gasteiger partial charge in [-0.15, -0.1) is 0 Å². The minimum Gasteiger partial charge on any atom is -0.486 e. The van der Waals surface area contributed by atoms with Crippen molar-refractivity contribution < 1.29 is 41.1 Å². The average molecular weight is 531 g/mol. The molecule has 14 heteroatoms. The second kappa shape index (κ2) is 9.76. The molecule has 4 N–H and O–H groups in total. The number of fused-ring (bicyclic) bond motifs is 1. The maximum atomic E-state index is 13.5. The lowest BCUT2D eigenvalue weighted by Crippen LogP contribution is -2.45. The van der Waals surface area contributed by atoms with Crippen LogP contribution in [0.2, 0.25) is 0 Å². The number of amides is 1. The molecule has 0 bridgehead atoms. The molecule has 0 saturated carbocycles. The second-order valence-corrected chi connectivity index (χ2v) is 10.8. The Labute approximate surface area is 205 Å². The molecule has 196 valence electrons. The zero-order valence-corrected chi connectivity index (χ0v) is 20.4. The third kappa shape index (κ3) is 6.30. The van der Waals surface area contributed by atoms with E-state index in [1.54, 1.807) is 20.8 Å². The molecule has 36 heavy (non-hydrogen) atoms. The predicted molar refractivity (Wildman–Crippen MR) is 125 cm³/mol. The number of alkyl halides is 3. The number of nitrogens with one attached hydrogen (secondary N) is 1. The molecule has 0 spiro atoms. The van der Waals surface area contributed by atoms with E-state index in [9.17, 15) is 26.4 Å². The smallest absolute Gasteiger partial charge is 0.416 e. The van der Waals surface area contributed by atoms with Crippen LogP contribution in [0, 0.1) is 0 Å². The lowest BCUT2D eigenvalue weighted by atomic mass is 10.1. The van der Waals surface area contributed by atoms with Crippen LogP contribution in [0.3, 0.4) is 0 Å². The van der Waals surface area contributed by atoms with E-state index in [-0.39, 0.29) is 35.9 Å². The molecule has 3 rings (SSSR count). The third-order valence-corrected chi connectivity index (χ3v) is 6.63. The first-order chi connectivity index (χ1) is 16.6. The fourth-order valence-corrected chi connectivity index (χ4v) is 4.92. The van der Waals surface area contributed by atoms with Crippen LogP contribution < -0.4 is 20.1 Å². The SMILES string of the molecule is CC(C)(C)OC(=O)Nc1ccc2c(c1)N(S(=O)(=O)c1cccc(C(F)(F)F)c1)C[C@H](C/C(N)=N/O)O2. The van der Waals surface area contributed by atoms with Crippen LogP contribution in [-0.2, 0) is 20.9 Å². The first kappa shape index (κ1) is 26.9. The fourth-order valence-electron chi connectivity index (χ4n) is 3.38. The van der Waals surface area contributed by atoms with E-state index in [2.05, 4.69) is 10.5 Å². The Kier molecular flexibility index (Phi) is 7.30. The van der Waals surface area contributed by atoms with E-state index in [4.69, 9.17) is 20.4 Å². The normalized spacial score (nSPS) is 16.7. The number of hydrogen-bond donors (Lipinski definition) is 3. The molecular formula is C22H25F3N4O6S. The van der Waals surface area contributed by atoms with Gasteiger partial charge >= 0.3 is 12.3 Å². The quantitative estimate of drug-likeness (QED) is 0.228. The number of ether oxygens (including phenoxy) is 2. The molecular weight excluding hydrogens is 505 g/mol. The van der Waals surface area contributed by atoms with Crippen LogP contribution in [-0.4, -0.2) is 43.8 Å². The number of oxime groups is 1. The second-order valence-electron chi connectivity index (χ2n) is 8.91. The zero-order valence-electron chi connectivity index (χ0n) is 19.5. The summed E-state index contributed by atoms with van der Waals surface area (Å²) in [5.41, 5.74) is 3.76. The summed E-state index contributed by atoms with van der Waals surface area (Å²) < 4.78 is 78.6. The minimum absolute atomic E-state index is 0.0308. The Morgan fingerprint density at radius 1 is 1.25 bits per heavy atom. The summed E-state index contributed by atoms with van der Waals surface area (Å²) >= 11 is 0. The largest absolute Gasteiger partial charge is 0.486 e. The van der Waals surface area contributed by atoms with Gasteiger partial charge in [0.05, 0.1) is 22.7 Å². The van der Waals surface area contributed by atoms with Gasteiger partial charge in [-0.25, -0.2) is 13.2 Å². The van der Waals surface area contributed by atoms with Crippen molar-refractivity contribution in [2.75, 3.05) is 16.2 Å². The number of carbonyl (C=O) groups is 1. The molecule has 0 radical (unpaired) electrons. The molecule has 0 unspecified atom stereocenters. The Balaban J connectivity index is 2.05. The number of anilines is 2. The zero-order chi connectivity index (χ0) is 26.9. The molecule has 1 aliphatic heterocycles. The van der Waals surface area contributed by atoms with Crippen LogP contribution in [0.15, 0.2) is 52.5 Å². The Morgan fingerprint density at radius 3 is 2.56 bits per heavy atom. The van der Waals surface area contributed by atoms with Gasteiger partial charge in [0.2, 0.25) is 0 Å². The van der Waals surface area contributed by atoms with E-state index in [1.807, 2.05) is 0 Å². The van der Waals surface area contributed by atoms with E-state index in [0.717, 1.165) is 22.5 Å². The molecule has 10 nitrogen and oxygen atoms in total. The van der Waals surface area contributed by atoms with Gasteiger partial charge in [-0.2, -0.15) is 13.2 Å². The minimum atomic E-state index is -4.76. The van der Waals surface area contributed by atoms with Crippen molar-refractivity contribution >= 4 is 33.3 Å². The maximum absolute atomic E-state index is 13.5. The molecule has 0 saturated heterocycles. The van der Waals surface area contributed by atoms with Crippen LogP contribution in [0.4, 0.5) is 29.3 Å². The molecule has 0 fully saturated rings. The van der Waals surface area contributed by atoms with Crippen molar-refractivity contribution in [3.8, 4) is 5.75 Å². The number of rotatable bonds is 5. The van der Waals surface area contributed by atoms with E-state index < -0.39 is 44.5 Å². The number of hydrogen-bond acceptors (Lipinski definition) is 7. The molecule has 2 aromatic carbocycles. The number of benzene rings is 2. The third-order valence-electron chi connectivity index (χ3n) is 4.85. The first-order valence-electron chi connectivity index (χ1n) is 10.6. The topological polar surface area (TPSA) is 144 Å². The number of nitrogens with zero attached hydrogens (tertiary/aromatic N) is 2. The molecule has 1 amide bonds. The molecule has 0 aromatic heterocycles. The van der Waals surface area contributed by atoms with Gasteiger partial charge in [0.1, 0.15) is 23.3 Å². The monoisotopic (exact) mass is 530 g/mol. The lowest BCUT2D eigenvalue weighted by molar-refractivity contribution is -0.137. The highest BCUT2D eigenvalue weighted by Gasteiger charge is 2.37. The van der Waals surface area contributed by atoms with Crippen LogP contribution in [0.25, 0.3) is 0 Å².